The van der Waals surface area contributed by atoms with E-state index in [1.165, 1.54) is 38.5 Å². The minimum absolute atomic E-state index is 0.146. The lowest BCUT2D eigenvalue weighted by Crippen LogP contribution is -2.11. The molecule has 0 unspecified atom stereocenters. The molecule has 0 saturated carbocycles. The highest BCUT2D eigenvalue weighted by Gasteiger charge is 2.10. The number of carbonyl (C=O) groups is 1. The van der Waals surface area contributed by atoms with E-state index >= 15 is 0 Å². The van der Waals surface area contributed by atoms with E-state index in [0.717, 1.165) is 36.9 Å². The normalized spacial score (nSPS) is 12.8. The van der Waals surface area contributed by atoms with Crippen molar-refractivity contribution < 1.29 is 19.0 Å². The quantitative estimate of drug-likeness (QED) is 0.161. The van der Waals surface area contributed by atoms with Crippen molar-refractivity contribution in [1.29, 1.82) is 0 Å². The molecule has 4 heteroatoms. The maximum atomic E-state index is 12.4. The Labute approximate surface area is 194 Å². The maximum absolute atomic E-state index is 12.4. The van der Waals surface area contributed by atoms with Crippen LogP contribution in [0.25, 0.3) is 0 Å². The summed E-state index contributed by atoms with van der Waals surface area (Å²) in [6.07, 6.45) is 9.92. The molecule has 0 spiro atoms. The Morgan fingerprint density at radius 3 is 2.00 bits per heavy atom. The van der Waals surface area contributed by atoms with E-state index in [4.69, 9.17) is 14.2 Å². The van der Waals surface area contributed by atoms with Crippen LogP contribution in [0.2, 0.25) is 0 Å². The highest BCUT2D eigenvalue weighted by Crippen LogP contribution is 2.21. The van der Waals surface area contributed by atoms with E-state index in [1.807, 2.05) is 19.1 Å². The molecular formula is C28H40O4. The van der Waals surface area contributed by atoms with Crippen LogP contribution in [0, 0.1) is 5.92 Å². The van der Waals surface area contributed by atoms with Gasteiger partial charge in [0.25, 0.3) is 0 Å². The lowest BCUT2D eigenvalue weighted by Gasteiger charge is -2.12. The molecule has 0 fully saturated rings. The Bertz CT molecular complexity index is 767. The number of carbonyl (C=O) groups excluding carboxylic acids is 1. The largest absolute Gasteiger partial charge is 0.494 e. The molecule has 0 heterocycles. The van der Waals surface area contributed by atoms with Crippen LogP contribution >= 0.6 is 0 Å². The summed E-state index contributed by atoms with van der Waals surface area (Å²) in [6.45, 7) is 9.41. The van der Waals surface area contributed by atoms with Gasteiger partial charge in [-0.1, -0.05) is 59.3 Å². The van der Waals surface area contributed by atoms with E-state index in [9.17, 15) is 4.79 Å². The fraction of sp³-hybridized carbons (Fsp3) is 0.536. The van der Waals surface area contributed by atoms with E-state index < -0.39 is 0 Å². The number of benzene rings is 2. The zero-order valence-corrected chi connectivity index (χ0v) is 20.3. The molecular weight excluding hydrogens is 400 g/mol. The highest BCUT2D eigenvalue weighted by atomic mass is 16.5. The molecule has 4 nitrogen and oxygen atoms in total. The van der Waals surface area contributed by atoms with E-state index in [0.29, 0.717) is 11.3 Å². The molecule has 0 aromatic heterocycles. The third-order valence-corrected chi connectivity index (χ3v) is 5.84. The van der Waals surface area contributed by atoms with Gasteiger partial charge in [0, 0.05) is 0 Å². The van der Waals surface area contributed by atoms with Crippen LogP contribution in [0.15, 0.2) is 48.5 Å². The van der Waals surface area contributed by atoms with Crippen molar-refractivity contribution in [2.75, 3.05) is 6.61 Å². The Morgan fingerprint density at radius 2 is 1.34 bits per heavy atom. The Hall–Kier alpha value is -2.49. The minimum atomic E-state index is -0.387. The maximum Gasteiger partial charge on any atom is 0.343 e. The van der Waals surface area contributed by atoms with Gasteiger partial charge in [-0.3, -0.25) is 0 Å². The summed E-state index contributed by atoms with van der Waals surface area (Å²) in [4.78, 5) is 12.4. The van der Waals surface area contributed by atoms with E-state index in [2.05, 4.69) is 20.8 Å². The Balaban J connectivity index is 1.66. The van der Waals surface area contributed by atoms with Crippen molar-refractivity contribution in [1.82, 2.24) is 0 Å². The third kappa shape index (κ3) is 9.76. The first-order valence-corrected chi connectivity index (χ1v) is 12.2. The van der Waals surface area contributed by atoms with Gasteiger partial charge >= 0.3 is 5.97 Å². The summed E-state index contributed by atoms with van der Waals surface area (Å²) in [5.41, 5.74) is 0.492. The van der Waals surface area contributed by atoms with Crippen molar-refractivity contribution in [3.05, 3.63) is 54.1 Å². The second kappa shape index (κ2) is 14.5. The fourth-order valence-electron chi connectivity index (χ4n) is 3.27. The molecule has 2 aromatic carbocycles. The van der Waals surface area contributed by atoms with E-state index in [1.54, 1.807) is 36.4 Å². The van der Waals surface area contributed by atoms with Crippen LogP contribution in [-0.2, 0) is 0 Å². The van der Waals surface area contributed by atoms with Gasteiger partial charge in [0.15, 0.2) is 0 Å². The predicted molar refractivity (Wildman–Crippen MR) is 131 cm³/mol. The molecule has 0 aliphatic rings. The molecule has 0 saturated heterocycles. The number of esters is 1. The van der Waals surface area contributed by atoms with Crippen LogP contribution in [0.4, 0.5) is 0 Å². The summed E-state index contributed by atoms with van der Waals surface area (Å²) in [7, 11) is 0. The first-order valence-electron chi connectivity index (χ1n) is 12.2. The summed E-state index contributed by atoms with van der Waals surface area (Å²) in [5.74, 6) is 2.53. The molecule has 0 amide bonds. The van der Waals surface area contributed by atoms with Crippen LogP contribution < -0.4 is 14.2 Å². The molecule has 176 valence electrons. The number of ether oxygens (including phenoxy) is 3. The van der Waals surface area contributed by atoms with Gasteiger partial charge in [0.05, 0.1) is 18.3 Å². The van der Waals surface area contributed by atoms with Gasteiger partial charge < -0.3 is 14.2 Å². The molecule has 0 N–H and O–H groups in total. The van der Waals surface area contributed by atoms with Crippen LogP contribution in [-0.4, -0.2) is 18.7 Å². The third-order valence-electron chi connectivity index (χ3n) is 5.84. The lowest BCUT2D eigenvalue weighted by atomic mass is 10.0. The molecule has 0 bridgehead atoms. The number of unbranched alkanes of at least 4 members (excludes halogenated alkanes) is 4. The summed E-state index contributed by atoms with van der Waals surface area (Å²) in [5, 5.41) is 0. The van der Waals surface area contributed by atoms with E-state index in [-0.39, 0.29) is 12.1 Å². The predicted octanol–water partition coefficient (Wildman–Crippen LogP) is 7.85. The first-order chi connectivity index (χ1) is 15.5. The molecule has 2 aromatic rings. The van der Waals surface area contributed by atoms with Crippen LogP contribution in [0.1, 0.15) is 89.4 Å². The van der Waals surface area contributed by atoms with Crippen LogP contribution in [0.3, 0.4) is 0 Å². The monoisotopic (exact) mass is 440 g/mol. The van der Waals surface area contributed by atoms with Crippen molar-refractivity contribution in [2.45, 2.75) is 85.2 Å². The second-order valence-corrected chi connectivity index (χ2v) is 8.64. The minimum Gasteiger partial charge on any atom is -0.494 e. The van der Waals surface area contributed by atoms with Gasteiger partial charge in [-0.05, 0) is 74.2 Å². The van der Waals surface area contributed by atoms with Crippen molar-refractivity contribution in [3.63, 3.8) is 0 Å². The topological polar surface area (TPSA) is 44.8 Å². The van der Waals surface area contributed by atoms with Crippen molar-refractivity contribution in [2.24, 2.45) is 5.92 Å². The summed E-state index contributed by atoms with van der Waals surface area (Å²) < 4.78 is 17.0. The van der Waals surface area contributed by atoms with Crippen LogP contribution in [0.5, 0.6) is 17.2 Å². The van der Waals surface area contributed by atoms with Crippen molar-refractivity contribution in [3.8, 4) is 17.2 Å². The van der Waals surface area contributed by atoms with Gasteiger partial charge in [-0.2, -0.15) is 0 Å². The average molecular weight is 441 g/mol. The first kappa shape index (κ1) is 25.8. The summed E-state index contributed by atoms with van der Waals surface area (Å²) in [6, 6.07) is 14.3. The smallest absolute Gasteiger partial charge is 0.343 e. The number of hydrogen-bond donors (Lipinski definition) is 0. The summed E-state index contributed by atoms with van der Waals surface area (Å²) >= 11 is 0. The van der Waals surface area contributed by atoms with Crippen molar-refractivity contribution >= 4 is 5.97 Å². The van der Waals surface area contributed by atoms with Gasteiger partial charge in [-0.15, -0.1) is 0 Å². The highest BCUT2D eigenvalue weighted by molar-refractivity contribution is 5.91. The molecule has 0 aliphatic carbocycles. The fourth-order valence-corrected chi connectivity index (χ4v) is 3.27. The molecule has 0 radical (unpaired) electrons. The van der Waals surface area contributed by atoms with Gasteiger partial charge in [-0.25, -0.2) is 4.79 Å². The zero-order valence-electron chi connectivity index (χ0n) is 20.3. The SMILES string of the molecule is CC[C@H](C)CCCCCCCOc1ccc(OC(=O)c2ccc(O[C@H](C)CC)cc2)cc1. The number of rotatable bonds is 15. The van der Waals surface area contributed by atoms with Gasteiger partial charge in [0.2, 0.25) is 0 Å². The Kier molecular flexibility index (Phi) is 11.7. The lowest BCUT2D eigenvalue weighted by molar-refractivity contribution is 0.0734. The van der Waals surface area contributed by atoms with Gasteiger partial charge in [0.1, 0.15) is 17.2 Å². The zero-order chi connectivity index (χ0) is 23.2. The number of hydrogen-bond acceptors (Lipinski definition) is 4. The molecule has 32 heavy (non-hydrogen) atoms. The average Bonchev–Trinajstić information content (AvgIpc) is 2.81. The Morgan fingerprint density at radius 1 is 0.750 bits per heavy atom. The standard InChI is InChI=1S/C28H40O4/c1-5-22(3)12-10-8-7-9-11-21-30-25-17-19-27(20-18-25)32-28(29)24-13-15-26(16-14-24)31-23(4)6-2/h13-20,22-23H,5-12,21H2,1-4H3/t22-,23+/m0/s1. The molecule has 0 aliphatic heterocycles. The second-order valence-electron chi connectivity index (χ2n) is 8.64. The molecule has 2 atom stereocenters. The molecule has 2 rings (SSSR count).